The number of nitrogens with zero attached hydrogens (tertiary/aromatic N) is 2. The number of benzene rings is 1. The van der Waals surface area contributed by atoms with E-state index >= 15 is 0 Å². The van der Waals surface area contributed by atoms with Crippen LogP contribution in [0.25, 0.3) is 0 Å². The first-order chi connectivity index (χ1) is 11.2. The number of hydrogen-bond acceptors (Lipinski definition) is 4. The zero-order valence-electron chi connectivity index (χ0n) is 13.6. The smallest absolute Gasteiger partial charge is 0.267 e. The molecule has 1 N–H and O–H groups in total. The van der Waals surface area contributed by atoms with E-state index in [0.717, 1.165) is 11.1 Å². The number of carbonyl (C=O) groups is 1. The van der Waals surface area contributed by atoms with Crippen molar-refractivity contribution in [3.8, 4) is 0 Å². The van der Waals surface area contributed by atoms with Gasteiger partial charge in [0.05, 0.1) is 17.3 Å². The summed E-state index contributed by atoms with van der Waals surface area (Å²) in [6, 6.07) is 5.38. The Bertz CT molecular complexity index is 934. The molecule has 1 aromatic heterocycles. The zero-order chi connectivity index (χ0) is 17.6. The van der Waals surface area contributed by atoms with E-state index in [-0.39, 0.29) is 4.90 Å². The van der Waals surface area contributed by atoms with E-state index in [9.17, 15) is 13.2 Å². The summed E-state index contributed by atoms with van der Waals surface area (Å²) in [6.07, 6.45) is 1.21. The first-order valence-corrected chi connectivity index (χ1v) is 9.42. The molecule has 0 bridgehead atoms. The number of rotatable bonds is 3. The Morgan fingerprint density at radius 2 is 2.08 bits per heavy atom. The molecule has 2 aromatic rings. The third-order valence-corrected chi connectivity index (χ3v) is 6.43. The highest BCUT2D eigenvalue weighted by Crippen LogP contribution is 2.37. The zero-order valence-corrected chi connectivity index (χ0v) is 15.2. The van der Waals surface area contributed by atoms with Crippen molar-refractivity contribution in [3.63, 3.8) is 0 Å². The van der Waals surface area contributed by atoms with Crippen molar-refractivity contribution >= 4 is 27.5 Å². The van der Waals surface area contributed by atoms with Crippen molar-refractivity contribution in [3.05, 3.63) is 45.7 Å². The van der Waals surface area contributed by atoms with Gasteiger partial charge in [-0.05, 0) is 43.9 Å². The molecule has 1 aliphatic carbocycles. The number of fused-ring (bicyclic) bond motifs is 1. The van der Waals surface area contributed by atoms with E-state index in [2.05, 4.69) is 9.82 Å². The predicted octanol–water partition coefficient (Wildman–Crippen LogP) is 2.23. The molecule has 1 amide bonds. The van der Waals surface area contributed by atoms with Crippen LogP contribution in [-0.2, 0) is 28.3 Å². The molecule has 1 unspecified atom stereocenters. The minimum atomic E-state index is -3.97. The van der Waals surface area contributed by atoms with Gasteiger partial charge in [-0.2, -0.15) is 5.10 Å². The average Bonchev–Trinajstić information content (AvgIpc) is 3.01. The first-order valence-electron chi connectivity index (χ1n) is 7.56. The molecule has 1 atom stereocenters. The SMILES string of the molecule is Cc1nn(C)c(C)c1S(=O)(=O)NC(=O)C1CCc2c(Cl)cccc21. The molecule has 128 valence electrons. The van der Waals surface area contributed by atoms with Gasteiger partial charge in [-0.15, -0.1) is 0 Å². The van der Waals surface area contributed by atoms with Gasteiger partial charge < -0.3 is 0 Å². The quantitative estimate of drug-likeness (QED) is 0.901. The van der Waals surface area contributed by atoms with Gasteiger partial charge in [0.1, 0.15) is 4.90 Å². The van der Waals surface area contributed by atoms with Gasteiger partial charge in [0, 0.05) is 12.1 Å². The standard InChI is InChI=1S/C16H18ClN3O3S/c1-9-15(10(2)20(3)18-9)24(22,23)19-16(21)13-8-7-12-11(13)5-4-6-14(12)17/h4-6,13H,7-8H2,1-3H3,(H,19,21). The lowest BCUT2D eigenvalue weighted by Crippen LogP contribution is -2.34. The summed E-state index contributed by atoms with van der Waals surface area (Å²) >= 11 is 6.15. The third kappa shape index (κ3) is 2.71. The molecule has 0 saturated carbocycles. The fourth-order valence-electron chi connectivity index (χ4n) is 3.28. The van der Waals surface area contributed by atoms with Crippen LogP contribution < -0.4 is 4.72 Å². The minimum Gasteiger partial charge on any atom is -0.273 e. The normalized spacial score (nSPS) is 16.9. The van der Waals surface area contributed by atoms with Gasteiger partial charge in [0.15, 0.2) is 0 Å². The molecule has 0 aliphatic heterocycles. The summed E-state index contributed by atoms with van der Waals surface area (Å²) in [7, 11) is -2.30. The van der Waals surface area contributed by atoms with Crippen LogP contribution in [0.5, 0.6) is 0 Å². The molecule has 0 saturated heterocycles. The highest BCUT2D eigenvalue weighted by Gasteiger charge is 2.34. The lowest BCUT2D eigenvalue weighted by atomic mass is 10.0. The second-order valence-electron chi connectivity index (χ2n) is 5.99. The van der Waals surface area contributed by atoms with Crippen LogP contribution in [0.15, 0.2) is 23.1 Å². The average molecular weight is 368 g/mol. The number of aryl methyl sites for hydroxylation is 2. The molecule has 6 nitrogen and oxygen atoms in total. The largest absolute Gasteiger partial charge is 0.273 e. The van der Waals surface area contributed by atoms with E-state index in [1.54, 1.807) is 33.0 Å². The van der Waals surface area contributed by atoms with Crippen LogP contribution in [0.4, 0.5) is 0 Å². The Kier molecular flexibility index (Phi) is 4.17. The van der Waals surface area contributed by atoms with Crippen LogP contribution in [-0.4, -0.2) is 24.1 Å². The molecular weight excluding hydrogens is 350 g/mol. The van der Waals surface area contributed by atoms with E-state index in [1.165, 1.54) is 4.68 Å². The number of sulfonamides is 1. The number of amides is 1. The molecule has 1 aliphatic rings. The number of halogens is 1. The van der Waals surface area contributed by atoms with Crippen molar-refractivity contribution in [2.24, 2.45) is 7.05 Å². The lowest BCUT2D eigenvalue weighted by molar-refractivity contribution is -0.120. The molecule has 3 rings (SSSR count). The van der Waals surface area contributed by atoms with Gasteiger partial charge in [-0.25, -0.2) is 13.1 Å². The van der Waals surface area contributed by atoms with E-state index in [0.29, 0.717) is 29.3 Å². The maximum Gasteiger partial charge on any atom is 0.267 e. The monoisotopic (exact) mass is 367 g/mol. The Hall–Kier alpha value is -1.86. The number of nitrogens with one attached hydrogen (secondary N) is 1. The van der Waals surface area contributed by atoms with Gasteiger partial charge in [-0.1, -0.05) is 23.7 Å². The second kappa shape index (κ2) is 5.89. The Labute approximate surface area is 145 Å². The minimum absolute atomic E-state index is 0.0580. The summed E-state index contributed by atoms with van der Waals surface area (Å²) in [5.74, 6) is -1.04. The Balaban J connectivity index is 1.90. The van der Waals surface area contributed by atoms with Crippen LogP contribution in [0.1, 0.15) is 34.9 Å². The molecule has 24 heavy (non-hydrogen) atoms. The molecular formula is C16H18ClN3O3S. The summed E-state index contributed by atoms with van der Waals surface area (Å²) in [4.78, 5) is 12.6. The first kappa shape index (κ1) is 17.0. The lowest BCUT2D eigenvalue weighted by Gasteiger charge is -2.13. The Morgan fingerprint density at radius 3 is 2.71 bits per heavy atom. The summed E-state index contributed by atoms with van der Waals surface area (Å²) in [5.41, 5.74) is 2.58. The second-order valence-corrected chi connectivity index (χ2v) is 8.02. The summed E-state index contributed by atoms with van der Waals surface area (Å²) < 4.78 is 28.9. The molecule has 0 spiro atoms. The van der Waals surface area contributed by atoms with Crippen molar-refractivity contribution < 1.29 is 13.2 Å². The maximum absolute atomic E-state index is 12.6. The van der Waals surface area contributed by atoms with E-state index in [1.807, 2.05) is 6.07 Å². The number of aromatic nitrogens is 2. The fraction of sp³-hybridized carbons (Fsp3) is 0.375. The topological polar surface area (TPSA) is 81.1 Å². The van der Waals surface area contributed by atoms with Crippen molar-refractivity contribution in [1.82, 2.24) is 14.5 Å². The molecule has 0 radical (unpaired) electrons. The van der Waals surface area contributed by atoms with Crippen molar-refractivity contribution in [2.75, 3.05) is 0 Å². The molecule has 8 heteroatoms. The van der Waals surface area contributed by atoms with Crippen molar-refractivity contribution in [2.45, 2.75) is 37.5 Å². The van der Waals surface area contributed by atoms with Gasteiger partial charge in [0.2, 0.25) is 5.91 Å². The van der Waals surface area contributed by atoms with E-state index < -0.39 is 21.8 Å². The summed E-state index contributed by atoms with van der Waals surface area (Å²) in [5, 5.41) is 4.71. The predicted molar refractivity (Wildman–Crippen MR) is 90.5 cm³/mol. The molecule has 1 heterocycles. The molecule has 0 fully saturated rings. The van der Waals surface area contributed by atoms with Gasteiger partial charge in [-0.3, -0.25) is 9.48 Å². The van der Waals surface area contributed by atoms with Crippen LogP contribution >= 0.6 is 11.6 Å². The van der Waals surface area contributed by atoms with E-state index in [4.69, 9.17) is 11.6 Å². The fourth-order valence-corrected chi connectivity index (χ4v) is 5.02. The third-order valence-electron chi connectivity index (χ3n) is 4.48. The van der Waals surface area contributed by atoms with Crippen molar-refractivity contribution in [1.29, 1.82) is 0 Å². The highest BCUT2D eigenvalue weighted by atomic mass is 35.5. The molecule has 1 aromatic carbocycles. The number of carbonyl (C=O) groups excluding carboxylic acids is 1. The van der Waals surface area contributed by atoms with Gasteiger partial charge in [0.25, 0.3) is 10.0 Å². The van der Waals surface area contributed by atoms with Crippen LogP contribution in [0, 0.1) is 13.8 Å². The van der Waals surface area contributed by atoms with Crippen LogP contribution in [0.3, 0.4) is 0 Å². The Morgan fingerprint density at radius 1 is 1.38 bits per heavy atom. The summed E-state index contributed by atoms with van der Waals surface area (Å²) in [6.45, 7) is 3.26. The highest BCUT2D eigenvalue weighted by molar-refractivity contribution is 7.90. The van der Waals surface area contributed by atoms with Gasteiger partial charge >= 0.3 is 0 Å². The van der Waals surface area contributed by atoms with Crippen LogP contribution in [0.2, 0.25) is 5.02 Å². The maximum atomic E-state index is 12.6. The number of hydrogen-bond donors (Lipinski definition) is 1.